The summed E-state index contributed by atoms with van der Waals surface area (Å²) in [6, 6.07) is 86.4. The van der Waals surface area contributed by atoms with Gasteiger partial charge in [-0.3, -0.25) is 0 Å². The quantitative estimate of drug-likeness (QED) is 0.161. The van der Waals surface area contributed by atoms with Crippen LogP contribution in [0.4, 0.5) is 11.4 Å². The van der Waals surface area contributed by atoms with E-state index in [1.807, 2.05) is 6.07 Å². The lowest BCUT2D eigenvalue weighted by molar-refractivity contribution is 0.670. The number of aliphatic imine (C=N–C) groups is 1. The highest BCUT2D eigenvalue weighted by Gasteiger charge is 2.25. The molecule has 0 N–H and O–H groups in total. The van der Waals surface area contributed by atoms with Crippen LogP contribution in [0.2, 0.25) is 0 Å². The summed E-state index contributed by atoms with van der Waals surface area (Å²) in [6.07, 6.45) is 0. The van der Waals surface area contributed by atoms with Gasteiger partial charge in [-0.05, 0) is 98.9 Å². The first-order valence-corrected chi connectivity index (χ1v) is 24.9. The van der Waals surface area contributed by atoms with Crippen molar-refractivity contribution in [2.45, 2.75) is 0 Å². The Hall–Kier alpha value is -9.31. The fourth-order valence-electron chi connectivity index (χ4n) is 12.3. The van der Waals surface area contributed by atoms with Crippen LogP contribution in [0.1, 0.15) is 5.56 Å². The maximum atomic E-state index is 6.55. The average molecular weight is 917 g/mol. The zero-order chi connectivity index (χ0) is 47.4. The Morgan fingerprint density at radius 3 is 1.08 bits per heavy atom. The molecule has 1 aliphatic heterocycles. The van der Waals surface area contributed by atoms with Crippen molar-refractivity contribution < 1.29 is 4.42 Å². The summed E-state index contributed by atoms with van der Waals surface area (Å²) in [6.45, 7) is 0.713. The van der Waals surface area contributed by atoms with Gasteiger partial charge in [0.05, 0.1) is 23.6 Å². The predicted molar refractivity (Wildman–Crippen MR) is 306 cm³/mol. The fraction of sp³-hybridized carbons (Fsp3) is 0.0290. The summed E-state index contributed by atoms with van der Waals surface area (Å²) in [5.41, 5.74) is 15.9. The van der Waals surface area contributed by atoms with E-state index < -0.39 is 0 Å². The highest BCUT2D eigenvalue weighted by Crippen LogP contribution is 2.48. The molecule has 0 bridgehead atoms. The van der Waals surface area contributed by atoms with Crippen LogP contribution in [-0.4, -0.2) is 19.3 Å². The molecule has 1 aliphatic rings. The molecule has 0 spiro atoms. The predicted octanol–water partition coefficient (Wildman–Crippen LogP) is 18.7. The zero-order valence-corrected chi connectivity index (χ0v) is 39.5. The molecule has 0 amide bonds. The summed E-state index contributed by atoms with van der Waals surface area (Å²) in [5, 5.41) is 16.9. The van der Waals surface area contributed by atoms with E-state index in [4.69, 9.17) is 9.41 Å². The van der Waals surface area contributed by atoms with E-state index in [9.17, 15) is 0 Å². The van der Waals surface area contributed by atoms with Gasteiger partial charge in [-0.2, -0.15) is 0 Å². The number of nitrogens with zero attached hydrogens (tertiary/aromatic N) is 2. The SMILES string of the molecule is CN1CC(c2cccc3c(-c4cccc5c(-c6cccc7c(-c8cccc9c(-c%10cccc%11c%10oc%10ccccc%10%11)cccc89)cccc67)cccc45)cccc23)=Nc2c1c1ccccc1c1ccccc21. The van der Waals surface area contributed by atoms with Gasteiger partial charge in [0.25, 0.3) is 0 Å². The van der Waals surface area contributed by atoms with Crippen molar-refractivity contribution in [3.63, 3.8) is 0 Å². The second-order valence-corrected chi connectivity index (χ2v) is 19.3. The van der Waals surface area contributed by atoms with Crippen molar-refractivity contribution in [1.82, 2.24) is 0 Å². The first-order valence-electron chi connectivity index (χ1n) is 24.9. The van der Waals surface area contributed by atoms with Crippen molar-refractivity contribution >= 4 is 104 Å². The average Bonchev–Trinajstić information content (AvgIpc) is 3.83. The number of hydrogen-bond donors (Lipinski definition) is 0. The normalized spacial score (nSPS) is 12.8. The summed E-state index contributed by atoms with van der Waals surface area (Å²) in [7, 11) is 2.21. The molecular weight excluding hydrogens is 873 g/mol. The van der Waals surface area contributed by atoms with Crippen molar-refractivity contribution in [3.05, 3.63) is 242 Å². The molecule has 14 aromatic rings. The first-order chi connectivity index (χ1) is 35.7. The summed E-state index contributed by atoms with van der Waals surface area (Å²) >= 11 is 0. The molecule has 13 aromatic carbocycles. The van der Waals surface area contributed by atoms with Crippen molar-refractivity contribution in [2.24, 2.45) is 4.99 Å². The van der Waals surface area contributed by atoms with Gasteiger partial charge in [-0.15, -0.1) is 0 Å². The van der Waals surface area contributed by atoms with E-state index in [-0.39, 0.29) is 0 Å². The van der Waals surface area contributed by atoms with Gasteiger partial charge in [0.15, 0.2) is 0 Å². The molecular formula is C69H44N2O. The number of fused-ring (bicyclic) bond motifs is 13. The maximum absolute atomic E-state index is 6.55. The van der Waals surface area contributed by atoms with Gasteiger partial charge in [-0.25, -0.2) is 4.99 Å². The summed E-state index contributed by atoms with van der Waals surface area (Å²) in [5.74, 6) is 0. The van der Waals surface area contributed by atoms with Crippen molar-refractivity contribution in [1.29, 1.82) is 0 Å². The van der Waals surface area contributed by atoms with Gasteiger partial charge >= 0.3 is 0 Å². The fourth-order valence-corrected chi connectivity index (χ4v) is 12.3. The van der Waals surface area contributed by atoms with Crippen LogP contribution < -0.4 is 4.90 Å². The highest BCUT2D eigenvalue weighted by atomic mass is 16.3. The lowest BCUT2D eigenvalue weighted by Gasteiger charge is -2.30. The number of furan rings is 1. The first kappa shape index (κ1) is 40.6. The number of para-hydroxylation sites is 2. The second-order valence-electron chi connectivity index (χ2n) is 19.3. The Labute approximate surface area is 416 Å². The molecule has 72 heavy (non-hydrogen) atoms. The monoisotopic (exact) mass is 916 g/mol. The molecule has 3 nitrogen and oxygen atoms in total. The van der Waals surface area contributed by atoms with Crippen LogP contribution in [-0.2, 0) is 0 Å². The number of benzene rings is 13. The van der Waals surface area contributed by atoms with Gasteiger partial charge < -0.3 is 9.32 Å². The van der Waals surface area contributed by atoms with Crippen LogP contribution in [0.5, 0.6) is 0 Å². The highest BCUT2D eigenvalue weighted by molar-refractivity contribution is 6.25. The van der Waals surface area contributed by atoms with Gasteiger partial charge in [-0.1, -0.05) is 231 Å². The molecule has 0 saturated heterocycles. The Kier molecular flexibility index (Phi) is 8.94. The third kappa shape index (κ3) is 6.01. The molecule has 0 saturated carbocycles. The molecule has 336 valence electrons. The number of rotatable bonds is 5. The van der Waals surface area contributed by atoms with E-state index in [0.717, 1.165) is 44.5 Å². The Morgan fingerprint density at radius 2 is 0.611 bits per heavy atom. The third-order valence-electron chi connectivity index (χ3n) is 15.5. The van der Waals surface area contributed by atoms with Gasteiger partial charge in [0.2, 0.25) is 0 Å². The topological polar surface area (TPSA) is 28.7 Å². The van der Waals surface area contributed by atoms with Gasteiger partial charge in [0.1, 0.15) is 11.2 Å². The molecule has 3 heteroatoms. The molecule has 0 atom stereocenters. The van der Waals surface area contributed by atoms with E-state index >= 15 is 0 Å². The number of likely N-dealkylation sites (N-methyl/N-ethyl adjacent to an activating group) is 1. The van der Waals surface area contributed by atoms with Gasteiger partial charge in [0, 0.05) is 39.7 Å². The van der Waals surface area contributed by atoms with E-state index in [1.165, 1.54) is 109 Å². The van der Waals surface area contributed by atoms with E-state index in [0.29, 0.717) is 6.54 Å². The molecule has 1 aromatic heterocycles. The Balaban J connectivity index is 0.850. The minimum absolute atomic E-state index is 0.713. The molecule has 0 aliphatic carbocycles. The molecule has 0 radical (unpaired) electrons. The molecule has 2 heterocycles. The minimum atomic E-state index is 0.713. The van der Waals surface area contributed by atoms with Crippen LogP contribution in [0.3, 0.4) is 0 Å². The van der Waals surface area contributed by atoms with E-state index in [1.54, 1.807) is 0 Å². The zero-order valence-electron chi connectivity index (χ0n) is 39.5. The van der Waals surface area contributed by atoms with Crippen LogP contribution in [0, 0.1) is 0 Å². The Bertz CT molecular complexity index is 4630. The molecule has 0 fully saturated rings. The smallest absolute Gasteiger partial charge is 0.143 e. The lowest BCUT2D eigenvalue weighted by Crippen LogP contribution is -2.29. The number of hydrogen-bond acceptors (Lipinski definition) is 3. The van der Waals surface area contributed by atoms with Crippen LogP contribution >= 0.6 is 0 Å². The summed E-state index contributed by atoms with van der Waals surface area (Å²) < 4.78 is 6.55. The minimum Gasteiger partial charge on any atom is -0.455 e. The van der Waals surface area contributed by atoms with Crippen molar-refractivity contribution in [3.8, 4) is 44.5 Å². The van der Waals surface area contributed by atoms with Crippen LogP contribution in [0.25, 0.3) is 131 Å². The number of anilines is 1. The molecule has 0 unspecified atom stereocenters. The third-order valence-corrected chi connectivity index (χ3v) is 15.5. The molecule has 15 rings (SSSR count). The Morgan fingerprint density at radius 1 is 0.292 bits per heavy atom. The van der Waals surface area contributed by atoms with Crippen molar-refractivity contribution in [2.75, 3.05) is 18.5 Å². The lowest BCUT2D eigenvalue weighted by atomic mass is 9.87. The maximum Gasteiger partial charge on any atom is 0.143 e. The second kappa shape index (κ2) is 15.9. The largest absolute Gasteiger partial charge is 0.455 e. The standard InChI is InChI=1S/C69H44N2O/c1-71-41-65(70-67-61-20-4-2-17-56(61)57-18-3-5-21-62(57)68(67)71)59-37-15-34-53-51(31-13-35-55(53)59)49-29-11-26-45-43(23-9-27-47(45)49)42-22-8-25-46-44(42)24-10-28-48(46)50-30-12-33-54-52(50)32-14-36-58(54)63-38-16-39-64-60-19-6-7-40-66(60)72-69(63)64/h2-40H,41H2,1H3. The van der Waals surface area contributed by atoms with Crippen LogP contribution in [0.15, 0.2) is 246 Å². The van der Waals surface area contributed by atoms with E-state index in [2.05, 4.69) is 242 Å². The summed E-state index contributed by atoms with van der Waals surface area (Å²) in [4.78, 5) is 7.95.